The fourth-order valence-corrected chi connectivity index (χ4v) is 3.10. The molecule has 0 bridgehead atoms. The molecule has 2 amide bonds. The minimum Gasteiger partial charge on any atom is -0.357 e. The molecule has 1 aromatic carbocycles. The van der Waals surface area contributed by atoms with E-state index in [-0.39, 0.29) is 11.8 Å². The van der Waals surface area contributed by atoms with Crippen LogP contribution < -0.4 is 5.32 Å². The van der Waals surface area contributed by atoms with Crippen molar-refractivity contribution in [3.8, 4) is 0 Å². The van der Waals surface area contributed by atoms with Crippen molar-refractivity contribution in [1.82, 2.24) is 20.1 Å². The Balaban J connectivity index is 1.75. The smallest absolute Gasteiger partial charge is 0.273 e. The number of carbonyl (C=O) groups excluding carboxylic acids is 2. The first kappa shape index (κ1) is 17.1. The molecule has 130 valence electrons. The Morgan fingerprint density at radius 3 is 2.56 bits per heavy atom. The number of amides is 2. The highest BCUT2D eigenvalue weighted by Crippen LogP contribution is 2.16. The maximum Gasteiger partial charge on any atom is 0.273 e. The van der Waals surface area contributed by atoms with Crippen molar-refractivity contribution >= 4 is 11.8 Å². The molecule has 3 rings (SSSR count). The van der Waals surface area contributed by atoms with E-state index < -0.39 is 6.04 Å². The lowest BCUT2D eigenvalue weighted by atomic mass is 10.1. The van der Waals surface area contributed by atoms with Crippen LogP contribution in [0.3, 0.4) is 0 Å². The molecule has 25 heavy (non-hydrogen) atoms. The zero-order chi connectivity index (χ0) is 17.6. The molecular weight excluding hydrogens is 316 g/mol. The normalized spacial score (nSPS) is 18.0. The van der Waals surface area contributed by atoms with Crippen LogP contribution in [-0.4, -0.2) is 59.3 Å². The second kappa shape index (κ2) is 7.90. The second-order valence-electron chi connectivity index (χ2n) is 6.06. The van der Waals surface area contributed by atoms with E-state index in [4.69, 9.17) is 0 Å². The number of nitrogens with one attached hydrogen (secondary N) is 1. The monoisotopic (exact) mass is 338 g/mol. The minimum atomic E-state index is -0.517. The predicted octanol–water partition coefficient (Wildman–Crippen LogP) is 1.15. The van der Waals surface area contributed by atoms with Gasteiger partial charge in [-0.05, 0) is 17.7 Å². The fraction of sp³-hybridized carbons (Fsp3) is 0.316. The molecule has 1 aliphatic heterocycles. The third-order valence-corrected chi connectivity index (χ3v) is 4.41. The number of nitrogens with zero attached hydrogens (tertiary/aromatic N) is 3. The van der Waals surface area contributed by atoms with Crippen molar-refractivity contribution in [3.63, 3.8) is 0 Å². The molecule has 0 aliphatic carbocycles. The fourth-order valence-electron chi connectivity index (χ4n) is 3.10. The van der Waals surface area contributed by atoms with E-state index in [1.807, 2.05) is 18.2 Å². The molecule has 2 aromatic rings. The van der Waals surface area contributed by atoms with Crippen LogP contribution >= 0.6 is 0 Å². The van der Waals surface area contributed by atoms with Crippen LogP contribution in [0.4, 0.5) is 0 Å². The minimum absolute atomic E-state index is 0.151. The first-order valence-corrected chi connectivity index (χ1v) is 8.39. The maximum atomic E-state index is 12.8. The van der Waals surface area contributed by atoms with E-state index in [1.54, 1.807) is 36.3 Å². The van der Waals surface area contributed by atoms with Crippen LogP contribution in [0.25, 0.3) is 0 Å². The van der Waals surface area contributed by atoms with Crippen molar-refractivity contribution in [1.29, 1.82) is 0 Å². The molecule has 2 heterocycles. The van der Waals surface area contributed by atoms with E-state index in [0.717, 1.165) is 13.1 Å². The zero-order valence-electron chi connectivity index (χ0n) is 14.3. The summed E-state index contributed by atoms with van der Waals surface area (Å²) >= 11 is 0. The Kier molecular flexibility index (Phi) is 5.40. The number of likely N-dealkylation sites (N-methyl/N-ethyl adjacent to an activating group) is 1. The number of hydrogen-bond donors (Lipinski definition) is 1. The molecule has 1 aliphatic rings. The highest BCUT2D eigenvalue weighted by molar-refractivity contribution is 5.96. The Labute approximate surface area is 147 Å². The highest BCUT2D eigenvalue weighted by Gasteiger charge is 2.35. The Bertz CT molecular complexity index is 721. The number of piperazine rings is 1. The lowest BCUT2D eigenvalue weighted by Gasteiger charge is -2.40. The van der Waals surface area contributed by atoms with Gasteiger partial charge >= 0.3 is 0 Å². The summed E-state index contributed by atoms with van der Waals surface area (Å²) in [7, 11) is 1.60. The van der Waals surface area contributed by atoms with Crippen LogP contribution in [0.2, 0.25) is 0 Å². The molecule has 0 spiro atoms. The number of pyridine rings is 1. The SMILES string of the molecule is CNC(=O)[C@@H]1CN(Cc2ccccc2)CCN1C(=O)c1ccccn1. The van der Waals surface area contributed by atoms with E-state index in [1.165, 1.54) is 5.56 Å². The lowest BCUT2D eigenvalue weighted by molar-refractivity contribution is -0.127. The third-order valence-electron chi connectivity index (χ3n) is 4.41. The van der Waals surface area contributed by atoms with E-state index in [9.17, 15) is 9.59 Å². The van der Waals surface area contributed by atoms with Gasteiger partial charge in [0.25, 0.3) is 5.91 Å². The van der Waals surface area contributed by atoms with Gasteiger partial charge < -0.3 is 10.2 Å². The number of hydrogen-bond acceptors (Lipinski definition) is 4. The Hall–Kier alpha value is -2.73. The summed E-state index contributed by atoms with van der Waals surface area (Å²) in [5.74, 6) is -0.351. The highest BCUT2D eigenvalue weighted by atomic mass is 16.2. The van der Waals surface area contributed by atoms with E-state index in [2.05, 4.69) is 27.3 Å². The molecule has 6 heteroatoms. The van der Waals surface area contributed by atoms with Crippen LogP contribution in [0.5, 0.6) is 0 Å². The van der Waals surface area contributed by atoms with Crippen LogP contribution in [0.1, 0.15) is 16.1 Å². The topological polar surface area (TPSA) is 65.5 Å². The van der Waals surface area contributed by atoms with Gasteiger partial charge in [-0.15, -0.1) is 0 Å². The first-order chi connectivity index (χ1) is 12.2. The summed E-state index contributed by atoms with van der Waals surface area (Å²) in [6.07, 6.45) is 1.59. The lowest BCUT2D eigenvalue weighted by Crippen LogP contribution is -2.60. The molecule has 1 aromatic heterocycles. The van der Waals surface area contributed by atoms with Crippen LogP contribution in [-0.2, 0) is 11.3 Å². The molecular formula is C19H22N4O2. The molecule has 0 saturated carbocycles. The van der Waals surface area contributed by atoms with Gasteiger partial charge in [-0.3, -0.25) is 19.5 Å². The van der Waals surface area contributed by atoms with Gasteiger partial charge in [0.1, 0.15) is 11.7 Å². The number of aromatic nitrogens is 1. The van der Waals surface area contributed by atoms with E-state index >= 15 is 0 Å². The molecule has 0 unspecified atom stereocenters. The molecule has 6 nitrogen and oxygen atoms in total. The predicted molar refractivity (Wildman–Crippen MR) is 94.8 cm³/mol. The van der Waals surface area contributed by atoms with Gasteiger partial charge in [-0.2, -0.15) is 0 Å². The van der Waals surface area contributed by atoms with Gasteiger partial charge in [0.2, 0.25) is 5.91 Å². The number of carbonyl (C=O) groups is 2. The van der Waals surface area contributed by atoms with Crippen LogP contribution in [0, 0.1) is 0 Å². The quantitative estimate of drug-likeness (QED) is 0.908. The summed E-state index contributed by atoms with van der Waals surface area (Å²) in [4.78, 5) is 33.1. The van der Waals surface area contributed by atoms with Gasteiger partial charge in [-0.25, -0.2) is 0 Å². The van der Waals surface area contributed by atoms with Gasteiger partial charge in [0.15, 0.2) is 0 Å². The second-order valence-corrected chi connectivity index (χ2v) is 6.06. The summed E-state index contributed by atoms with van der Waals surface area (Å²) in [5, 5.41) is 2.68. The van der Waals surface area contributed by atoms with Gasteiger partial charge in [-0.1, -0.05) is 36.4 Å². The van der Waals surface area contributed by atoms with Gasteiger partial charge in [0, 0.05) is 39.4 Å². The van der Waals surface area contributed by atoms with Crippen molar-refractivity contribution in [2.24, 2.45) is 0 Å². The average molecular weight is 338 g/mol. The maximum absolute atomic E-state index is 12.8. The molecule has 1 saturated heterocycles. The summed E-state index contributed by atoms with van der Waals surface area (Å²) in [5.41, 5.74) is 1.57. The molecule has 1 N–H and O–H groups in total. The summed E-state index contributed by atoms with van der Waals surface area (Å²) in [6.45, 7) is 2.49. The Morgan fingerprint density at radius 1 is 1.12 bits per heavy atom. The van der Waals surface area contributed by atoms with Crippen molar-refractivity contribution in [3.05, 3.63) is 66.0 Å². The zero-order valence-corrected chi connectivity index (χ0v) is 14.3. The third kappa shape index (κ3) is 4.03. The molecule has 0 radical (unpaired) electrons. The van der Waals surface area contributed by atoms with Crippen molar-refractivity contribution < 1.29 is 9.59 Å². The standard InChI is InChI=1S/C19H22N4O2/c1-20-18(24)17-14-22(13-15-7-3-2-4-8-15)11-12-23(17)19(25)16-9-5-6-10-21-16/h2-10,17H,11-14H2,1H3,(H,20,24)/t17-/m0/s1. The van der Waals surface area contributed by atoms with E-state index in [0.29, 0.717) is 18.8 Å². The van der Waals surface area contributed by atoms with Gasteiger partial charge in [0.05, 0.1) is 0 Å². The van der Waals surface area contributed by atoms with Crippen LogP contribution in [0.15, 0.2) is 54.7 Å². The van der Waals surface area contributed by atoms with Crippen molar-refractivity contribution in [2.45, 2.75) is 12.6 Å². The molecule has 1 fully saturated rings. The average Bonchev–Trinajstić information content (AvgIpc) is 2.68. The summed E-state index contributed by atoms with van der Waals surface area (Å²) < 4.78 is 0. The largest absolute Gasteiger partial charge is 0.357 e. The Morgan fingerprint density at radius 2 is 1.88 bits per heavy atom. The first-order valence-electron chi connectivity index (χ1n) is 8.39. The molecule has 1 atom stereocenters. The number of benzene rings is 1. The summed E-state index contributed by atoms with van der Waals surface area (Å²) in [6, 6.07) is 14.8. The van der Waals surface area contributed by atoms with Crippen molar-refractivity contribution in [2.75, 3.05) is 26.7 Å². The number of rotatable bonds is 4.